The number of hydrogen-bond acceptors (Lipinski definition) is 2. The number of rotatable bonds is 1. The normalized spacial score (nSPS) is 10.6. The number of nitrogen functional groups attached to an aromatic ring is 1. The van der Waals surface area contributed by atoms with Gasteiger partial charge in [-0.05, 0) is 12.5 Å². The molecule has 0 aliphatic carbocycles. The van der Waals surface area contributed by atoms with Crippen LogP contribution in [0.2, 0.25) is 5.15 Å². The van der Waals surface area contributed by atoms with Gasteiger partial charge in [-0.15, -0.1) is 0 Å². The van der Waals surface area contributed by atoms with Crippen LogP contribution in [-0.4, -0.2) is 9.55 Å². The molecule has 2 aromatic rings. The fraction of sp³-hybridized carbons (Fsp3) is 0.182. The molecule has 0 radical (unpaired) electrons. The number of aryl methyl sites for hydroxylation is 1. The SMILES string of the molecule is Cc1ccccc1-c1nc(N)n(C)c1Cl. The van der Waals surface area contributed by atoms with E-state index in [4.69, 9.17) is 17.3 Å². The van der Waals surface area contributed by atoms with Crippen LogP contribution in [0, 0.1) is 6.92 Å². The number of benzene rings is 1. The van der Waals surface area contributed by atoms with Crippen molar-refractivity contribution >= 4 is 17.5 Å². The summed E-state index contributed by atoms with van der Waals surface area (Å²) < 4.78 is 1.67. The summed E-state index contributed by atoms with van der Waals surface area (Å²) in [6.07, 6.45) is 0. The summed E-state index contributed by atoms with van der Waals surface area (Å²) in [6, 6.07) is 7.96. The Labute approximate surface area is 93.5 Å². The summed E-state index contributed by atoms with van der Waals surface area (Å²) in [7, 11) is 1.80. The molecule has 0 amide bonds. The minimum atomic E-state index is 0.429. The molecule has 0 fully saturated rings. The smallest absolute Gasteiger partial charge is 0.201 e. The summed E-state index contributed by atoms with van der Waals surface area (Å²) in [5.41, 5.74) is 8.60. The van der Waals surface area contributed by atoms with Crippen molar-refractivity contribution in [3.8, 4) is 11.3 Å². The van der Waals surface area contributed by atoms with Crippen molar-refractivity contribution in [1.82, 2.24) is 9.55 Å². The molecule has 78 valence electrons. The van der Waals surface area contributed by atoms with Crippen molar-refractivity contribution in [2.45, 2.75) is 6.92 Å². The van der Waals surface area contributed by atoms with E-state index in [-0.39, 0.29) is 0 Å². The van der Waals surface area contributed by atoms with E-state index in [1.165, 1.54) is 0 Å². The number of hydrogen-bond donors (Lipinski definition) is 1. The van der Waals surface area contributed by atoms with Crippen molar-refractivity contribution in [3.05, 3.63) is 35.0 Å². The lowest BCUT2D eigenvalue weighted by molar-refractivity contribution is 0.931. The minimum Gasteiger partial charge on any atom is -0.369 e. The molecule has 0 aliphatic heterocycles. The van der Waals surface area contributed by atoms with Crippen LogP contribution in [0.15, 0.2) is 24.3 Å². The molecule has 1 aromatic carbocycles. The third kappa shape index (κ3) is 1.59. The largest absolute Gasteiger partial charge is 0.369 e. The Hall–Kier alpha value is -1.48. The van der Waals surface area contributed by atoms with E-state index in [0.717, 1.165) is 16.8 Å². The van der Waals surface area contributed by atoms with E-state index in [1.807, 2.05) is 31.2 Å². The van der Waals surface area contributed by atoms with Gasteiger partial charge in [-0.1, -0.05) is 35.9 Å². The third-order valence-corrected chi connectivity index (χ3v) is 2.89. The van der Waals surface area contributed by atoms with E-state index >= 15 is 0 Å². The highest BCUT2D eigenvalue weighted by Gasteiger charge is 2.13. The maximum atomic E-state index is 6.14. The maximum Gasteiger partial charge on any atom is 0.201 e. The quantitative estimate of drug-likeness (QED) is 0.805. The van der Waals surface area contributed by atoms with E-state index in [1.54, 1.807) is 11.6 Å². The molecule has 2 rings (SSSR count). The summed E-state index contributed by atoms with van der Waals surface area (Å²) in [5.74, 6) is 0.429. The van der Waals surface area contributed by atoms with Crippen LogP contribution >= 0.6 is 11.6 Å². The van der Waals surface area contributed by atoms with Crippen LogP contribution in [0.4, 0.5) is 5.95 Å². The Morgan fingerprint density at radius 3 is 2.53 bits per heavy atom. The Balaban J connectivity index is 2.65. The standard InChI is InChI=1S/C11H12ClN3/c1-7-5-3-4-6-8(7)9-10(12)15(2)11(13)14-9/h3-6H,1-2H3,(H2,13,14). The van der Waals surface area contributed by atoms with Crippen LogP contribution in [0.1, 0.15) is 5.56 Å². The van der Waals surface area contributed by atoms with E-state index in [0.29, 0.717) is 11.1 Å². The maximum absolute atomic E-state index is 6.14. The zero-order valence-electron chi connectivity index (χ0n) is 8.66. The highest BCUT2D eigenvalue weighted by molar-refractivity contribution is 6.32. The Bertz CT molecular complexity index is 503. The van der Waals surface area contributed by atoms with Crippen LogP contribution in [0.5, 0.6) is 0 Å². The lowest BCUT2D eigenvalue weighted by atomic mass is 10.1. The fourth-order valence-corrected chi connectivity index (χ4v) is 1.74. The molecule has 2 N–H and O–H groups in total. The molecule has 4 heteroatoms. The van der Waals surface area contributed by atoms with Gasteiger partial charge in [0.2, 0.25) is 5.95 Å². The van der Waals surface area contributed by atoms with Gasteiger partial charge in [0.25, 0.3) is 0 Å². The van der Waals surface area contributed by atoms with E-state index in [9.17, 15) is 0 Å². The number of nitrogens with zero attached hydrogens (tertiary/aromatic N) is 2. The topological polar surface area (TPSA) is 43.8 Å². The van der Waals surface area contributed by atoms with Crippen molar-refractivity contribution < 1.29 is 0 Å². The second kappa shape index (κ2) is 3.59. The Kier molecular flexibility index (Phi) is 2.40. The van der Waals surface area contributed by atoms with Gasteiger partial charge < -0.3 is 10.3 Å². The van der Waals surface area contributed by atoms with E-state index in [2.05, 4.69) is 4.98 Å². The van der Waals surface area contributed by atoms with Crippen molar-refractivity contribution in [1.29, 1.82) is 0 Å². The van der Waals surface area contributed by atoms with Gasteiger partial charge in [0, 0.05) is 12.6 Å². The number of aromatic nitrogens is 2. The molecule has 0 saturated heterocycles. The molecular weight excluding hydrogens is 210 g/mol. The van der Waals surface area contributed by atoms with Gasteiger partial charge in [0.15, 0.2) is 0 Å². The first kappa shape index (κ1) is 10.1. The summed E-state index contributed by atoms with van der Waals surface area (Å²) in [5, 5.41) is 0.571. The molecule has 15 heavy (non-hydrogen) atoms. The fourth-order valence-electron chi connectivity index (χ4n) is 1.51. The third-order valence-electron chi connectivity index (χ3n) is 2.46. The van der Waals surface area contributed by atoms with Crippen molar-refractivity contribution in [2.24, 2.45) is 7.05 Å². The molecule has 0 saturated carbocycles. The molecule has 0 atom stereocenters. The summed E-state index contributed by atoms with van der Waals surface area (Å²) in [4.78, 5) is 4.25. The molecule has 1 heterocycles. The predicted octanol–water partition coefficient (Wildman–Crippen LogP) is 2.63. The number of imidazole rings is 1. The van der Waals surface area contributed by atoms with Gasteiger partial charge in [0.1, 0.15) is 10.8 Å². The van der Waals surface area contributed by atoms with Gasteiger partial charge >= 0.3 is 0 Å². The zero-order valence-corrected chi connectivity index (χ0v) is 9.42. The van der Waals surface area contributed by atoms with Crippen molar-refractivity contribution in [3.63, 3.8) is 0 Å². The molecule has 3 nitrogen and oxygen atoms in total. The van der Waals surface area contributed by atoms with E-state index < -0.39 is 0 Å². The summed E-state index contributed by atoms with van der Waals surface area (Å²) in [6.45, 7) is 2.02. The van der Waals surface area contributed by atoms with Crippen LogP contribution < -0.4 is 5.73 Å². The lowest BCUT2D eigenvalue weighted by Gasteiger charge is -2.02. The molecule has 1 aromatic heterocycles. The van der Waals surface area contributed by atoms with Gasteiger partial charge in [-0.3, -0.25) is 0 Å². The van der Waals surface area contributed by atoms with Gasteiger partial charge in [-0.2, -0.15) is 0 Å². The van der Waals surface area contributed by atoms with Gasteiger partial charge in [-0.25, -0.2) is 4.98 Å². The average molecular weight is 222 g/mol. The van der Waals surface area contributed by atoms with Crippen LogP contribution in [-0.2, 0) is 7.05 Å². The number of nitrogens with two attached hydrogens (primary N) is 1. The highest BCUT2D eigenvalue weighted by atomic mass is 35.5. The number of halogens is 1. The second-order valence-corrected chi connectivity index (χ2v) is 3.84. The Morgan fingerprint density at radius 2 is 2.00 bits per heavy atom. The number of anilines is 1. The minimum absolute atomic E-state index is 0.429. The average Bonchev–Trinajstić information content (AvgIpc) is 2.47. The summed E-state index contributed by atoms with van der Waals surface area (Å²) >= 11 is 6.14. The first-order valence-electron chi connectivity index (χ1n) is 4.65. The van der Waals surface area contributed by atoms with Gasteiger partial charge in [0.05, 0.1) is 0 Å². The highest BCUT2D eigenvalue weighted by Crippen LogP contribution is 2.30. The van der Waals surface area contributed by atoms with Crippen LogP contribution in [0.3, 0.4) is 0 Å². The predicted molar refractivity (Wildman–Crippen MR) is 62.8 cm³/mol. The Morgan fingerprint density at radius 1 is 1.33 bits per heavy atom. The molecule has 0 unspecified atom stereocenters. The first-order valence-corrected chi connectivity index (χ1v) is 5.02. The molecular formula is C11H12ClN3. The van der Waals surface area contributed by atoms with Crippen molar-refractivity contribution in [2.75, 3.05) is 5.73 Å². The second-order valence-electron chi connectivity index (χ2n) is 3.48. The molecule has 0 bridgehead atoms. The first-order chi connectivity index (χ1) is 7.11. The lowest BCUT2D eigenvalue weighted by Crippen LogP contribution is -1.96. The molecule has 0 spiro atoms. The van der Waals surface area contributed by atoms with Crippen LogP contribution in [0.25, 0.3) is 11.3 Å². The zero-order chi connectivity index (χ0) is 11.0. The molecule has 0 aliphatic rings. The monoisotopic (exact) mass is 221 g/mol.